The molecule has 1 unspecified atom stereocenters. The van der Waals surface area contributed by atoms with E-state index >= 15 is 0 Å². The highest BCUT2D eigenvalue weighted by atomic mass is 16.2. The molecule has 2 N–H and O–H groups in total. The largest absolute Gasteiger partial charge is 0.331 e. The van der Waals surface area contributed by atoms with Gasteiger partial charge in [-0.1, -0.05) is 17.7 Å². The maximum Gasteiger partial charge on any atom is 0.318 e. The molecule has 150 valence electrons. The van der Waals surface area contributed by atoms with Crippen molar-refractivity contribution < 1.29 is 9.59 Å². The monoisotopic (exact) mass is 383 g/mol. The van der Waals surface area contributed by atoms with Gasteiger partial charge in [-0.25, -0.2) is 4.79 Å². The Labute approximate surface area is 166 Å². The van der Waals surface area contributed by atoms with E-state index in [1.54, 1.807) is 7.05 Å². The smallest absolute Gasteiger partial charge is 0.318 e. The quantitative estimate of drug-likeness (QED) is 0.852. The Kier molecular flexibility index (Phi) is 5.72. The number of rotatable bonds is 4. The number of hydrogen-bond donors (Lipinski definition) is 2. The Bertz CT molecular complexity index is 879. The third kappa shape index (κ3) is 4.18. The maximum atomic E-state index is 12.6. The summed E-state index contributed by atoms with van der Waals surface area (Å²) >= 11 is 0. The summed E-state index contributed by atoms with van der Waals surface area (Å²) in [6, 6.07) is 3.76. The number of fused-ring (bicyclic) bond motifs is 1. The molecular weight excluding hydrogens is 354 g/mol. The first-order valence-corrected chi connectivity index (χ1v) is 9.66. The summed E-state index contributed by atoms with van der Waals surface area (Å²) in [4.78, 5) is 26.5. The van der Waals surface area contributed by atoms with Crippen LogP contribution in [0.15, 0.2) is 18.3 Å². The summed E-state index contributed by atoms with van der Waals surface area (Å²) in [7, 11) is 3.56. The van der Waals surface area contributed by atoms with Crippen LogP contribution in [0.3, 0.4) is 0 Å². The summed E-state index contributed by atoms with van der Waals surface area (Å²) in [6.07, 6.45) is 4.70. The summed E-state index contributed by atoms with van der Waals surface area (Å²) < 4.78 is 1.87. The van der Waals surface area contributed by atoms with Crippen LogP contribution in [-0.4, -0.2) is 40.2 Å². The fourth-order valence-corrected chi connectivity index (χ4v) is 3.96. The van der Waals surface area contributed by atoms with Crippen LogP contribution in [0.2, 0.25) is 0 Å². The number of hydrogen-bond acceptors (Lipinski definition) is 3. The lowest BCUT2D eigenvalue weighted by atomic mass is 9.93. The number of urea groups is 1. The van der Waals surface area contributed by atoms with Gasteiger partial charge in [0, 0.05) is 31.0 Å². The van der Waals surface area contributed by atoms with Gasteiger partial charge in [-0.05, 0) is 51.2 Å². The predicted molar refractivity (Wildman–Crippen MR) is 109 cm³/mol. The van der Waals surface area contributed by atoms with Crippen LogP contribution in [-0.2, 0) is 18.3 Å². The van der Waals surface area contributed by atoms with Gasteiger partial charge in [0.05, 0.1) is 12.2 Å². The molecule has 0 spiro atoms. The molecule has 0 saturated carbocycles. The van der Waals surface area contributed by atoms with Crippen molar-refractivity contribution in [1.82, 2.24) is 20.0 Å². The molecule has 0 bridgehead atoms. The number of carbonyl (C=O) groups excluding carboxylic acids is 2. The summed E-state index contributed by atoms with van der Waals surface area (Å²) in [5, 5.41) is 10.3. The van der Waals surface area contributed by atoms with Crippen molar-refractivity contribution in [3.05, 3.63) is 46.3 Å². The van der Waals surface area contributed by atoms with E-state index in [2.05, 4.69) is 15.7 Å². The molecule has 0 aliphatic heterocycles. The standard InChI is InChI=1S/C21H29N5O2/c1-13-9-14(2)20(15(3)10-13)24-19(27)12-25(4)21(28)23-17-7-6-8-18-16(17)11-22-26(18)5/h9-11,17H,6-8,12H2,1-5H3,(H,23,28)(H,24,27). The third-order valence-electron chi connectivity index (χ3n) is 5.34. The predicted octanol–water partition coefficient (Wildman–Crippen LogP) is 3.00. The molecule has 0 radical (unpaired) electrons. The minimum absolute atomic E-state index is 0.00872. The van der Waals surface area contributed by atoms with Crippen LogP contribution < -0.4 is 10.6 Å². The number of likely N-dealkylation sites (N-methyl/N-ethyl adjacent to an activating group) is 1. The highest BCUT2D eigenvalue weighted by molar-refractivity contribution is 5.95. The molecule has 0 saturated heterocycles. The number of benzene rings is 1. The van der Waals surface area contributed by atoms with Crippen molar-refractivity contribution >= 4 is 17.6 Å². The molecule has 1 aliphatic carbocycles. The van der Waals surface area contributed by atoms with Gasteiger partial charge in [-0.15, -0.1) is 0 Å². The normalized spacial score (nSPS) is 15.7. The van der Waals surface area contributed by atoms with Crippen LogP contribution in [0.4, 0.5) is 10.5 Å². The molecule has 1 atom stereocenters. The lowest BCUT2D eigenvalue weighted by Crippen LogP contribution is -2.43. The molecule has 3 rings (SSSR count). The number of amides is 3. The van der Waals surface area contributed by atoms with Gasteiger partial charge in [-0.2, -0.15) is 5.10 Å². The van der Waals surface area contributed by atoms with Crippen molar-refractivity contribution in [2.45, 2.75) is 46.1 Å². The first-order valence-electron chi connectivity index (χ1n) is 9.66. The second kappa shape index (κ2) is 8.04. The first kappa shape index (κ1) is 19.9. The van der Waals surface area contributed by atoms with Gasteiger partial charge in [0.2, 0.25) is 5.91 Å². The number of carbonyl (C=O) groups is 2. The number of nitrogens with zero attached hydrogens (tertiary/aromatic N) is 3. The van der Waals surface area contributed by atoms with E-state index in [-0.39, 0.29) is 24.5 Å². The van der Waals surface area contributed by atoms with Crippen LogP contribution in [0.1, 0.15) is 46.8 Å². The Hall–Kier alpha value is -2.83. The number of anilines is 1. The minimum Gasteiger partial charge on any atom is -0.331 e. The molecule has 7 nitrogen and oxygen atoms in total. The van der Waals surface area contributed by atoms with E-state index in [4.69, 9.17) is 0 Å². The molecule has 3 amide bonds. The van der Waals surface area contributed by atoms with Gasteiger partial charge >= 0.3 is 6.03 Å². The Morgan fingerprint density at radius 3 is 2.61 bits per heavy atom. The van der Waals surface area contributed by atoms with E-state index in [0.717, 1.165) is 47.2 Å². The summed E-state index contributed by atoms with van der Waals surface area (Å²) in [6.45, 7) is 5.97. The van der Waals surface area contributed by atoms with Crippen LogP contribution in [0.5, 0.6) is 0 Å². The number of aryl methyl sites for hydroxylation is 4. The lowest BCUT2D eigenvalue weighted by molar-refractivity contribution is -0.116. The highest BCUT2D eigenvalue weighted by Gasteiger charge is 2.26. The van der Waals surface area contributed by atoms with Crippen LogP contribution in [0, 0.1) is 20.8 Å². The lowest BCUT2D eigenvalue weighted by Gasteiger charge is -2.26. The van der Waals surface area contributed by atoms with Gasteiger partial charge in [0.15, 0.2) is 0 Å². The SMILES string of the molecule is Cc1cc(C)c(NC(=O)CN(C)C(=O)NC2CCCc3c2cnn3C)c(C)c1. The van der Waals surface area contributed by atoms with Crippen molar-refractivity contribution in [3.63, 3.8) is 0 Å². The zero-order valence-corrected chi connectivity index (χ0v) is 17.3. The zero-order valence-electron chi connectivity index (χ0n) is 17.3. The Morgan fingerprint density at radius 1 is 1.25 bits per heavy atom. The molecule has 1 aliphatic rings. The topological polar surface area (TPSA) is 79.3 Å². The molecule has 0 fully saturated rings. The van der Waals surface area contributed by atoms with E-state index < -0.39 is 0 Å². The van der Waals surface area contributed by atoms with E-state index in [1.165, 1.54) is 10.6 Å². The van der Waals surface area contributed by atoms with E-state index in [0.29, 0.717) is 0 Å². The van der Waals surface area contributed by atoms with E-state index in [9.17, 15) is 9.59 Å². The van der Waals surface area contributed by atoms with Gasteiger partial charge in [0.25, 0.3) is 0 Å². The molecule has 1 heterocycles. The van der Waals surface area contributed by atoms with Gasteiger partial charge in [-0.3, -0.25) is 9.48 Å². The summed E-state index contributed by atoms with van der Waals surface area (Å²) in [5.41, 5.74) is 6.25. The zero-order chi connectivity index (χ0) is 20.4. The third-order valence-corrected chi connectivity index (χ3v) is 5.34. The Morgan fingerprint density at radius 2 is 1.93 bits per heavy atom. The van der Waals surface area contributed by atoms with Crippen LogP contribution >= 0.6 is 0 Å². The van der Waals surface area contributed by atoms with Crippen molar-refractivity contribution in [1.29, 1.82) is 0 Å². The van der Waals surface area contributed by atoms with Gasteiger partial charge in [0.1, 0.15) is 6.54 Å². The maximum absolute atomic E-state index is 12.6. The van der Waals surface area contributed by atoms with Crippen molar-refractivity contribution in [2.75, 3.05) is 18.9 Å². The first-order chi connectivity index (χ1) is 13.3. The van der Waals surface area contributed by atoms with Crippen molar-refractivity contribution in [3.8, 4) is 0 Å². The second-order valence-electron chi connectivity index (χ2n) is 7.74. The average Bonchev–Trinajstić information content (AvgIpc) is 3.00. The second-order valence-corrected chi connectivity index (χ2v) is 7.74. The number of nitrogens with one attached hydrogen (secondary N) is 2. The Balaban J connectivity index is 1.60. The minimum atomic E-state index is -0.255. The molecule has 2 aromatic rings. The summed E-state index contributed by atoms with van der Waals surface area (Å²) in [5.74, 6) is -0.210. The van der Waals surface area contributed by atoms with Crippen LogP contribution in [0.25, 0.3) is 0 Å². The fourth-order valence-electron chi connectivity index (χ4n) is 3.96. The fraction of sp³-hybridized carbons (Fsp3) is 0.476. The highest BCUT2D eigenvalue weighted by Crippen LogP contribution is 2.29. The molecule has 1 aromatic carbocycles. The number of aromatic nitrogens is 2. The molecule has 1 aromatic heterocycles. The molecule has 7 heteroatoms. The molecular formula is C21H29N5O2. The van der Waals surface area contributed by atoms with Crippen molar-refractivity contribution in [2.24, 2.45) is 7.05 Å². The average molecular weight is 383 g/mol. The van der Waals surface area contributed by atoms with E-state index in [1.807, 2.05) is 50.8 Å². The molecule has 28 heavy (non-hydrogen) atoms. The van der Waals surface area contributed by atoms with Gasteiger partial charge < -0.3 is 15.5 Å².